The van der Waals surface area contributed by atoms with Crippen molar-refractivity contribution in [1.82, 2.24) is 10.6 Å². The Balaban J connectivity index is 3.91. The minimum atomic E-state index is -0.579. The third-order valence-electron chi connectivity index (χ3n) is 3.77. The molecule has 0 aliphatic carbocycles. The van der Waals surface area contributed by atoms with Crippen LogP contribution >= 0.6 is 0 Å². The predicted octanol–water partition coefficient (Wildman–Crippen LogP) is 3.23. The number of carbonyl (C=O) groups excluding carboxylic acids is 2. The van der Waals surface area contributed by atoms with Crippen molar-refractivity contribution < 1.29 is 14.3 Å². The van der Waals surface area contributed by atoms with Gasteiger partial charge in [-0.1, -0.05) is 59.3 Å². The van der Waals surface area contributed by atoms with Crippen molar-refractivity contribution >= 4 is 12.0 Å². The summed E-state index contributed by atoms with van der Waals surface area (Å²) in [6, 6.07) is -0.871. The van der Waals surface area contributed by atoms with E-state index in [2.05, 4.69) is 17.6 Å². The third-order valence-corrected chi connectivity index (χ3v) is 3.77. The first kappa shape index (κ1) is 19.7. The highest BCUT2D eigenvalue weighted by atomic mass is 16.5. The van der Waals surface area contributed by atoms with E-state index >= 15 is 0 Å². The van der Waals surface area contributed by atoms with Gasteiger partial charge in [-0.05, 0) is 12.3 Å². The summed E-state index contributed by atoms with van der Waals surface area (Å²) in [5.74, 6) is -0.337. The number of ether oxygens (including phenoxy) is 1. The largest absolute Gasteiger partial charge is 0.467 e. The van der Waals surface area contributed by atoms with Crippen LogP contribution in [0, 0.1) is 5.92 Å². The molecule has 0 saturated carbocycles. The van der Waals surface area contributed by atoms with Gasteiger partial charge in [-0.25, -0.2) is 9.59 Å². The van der Waals surface area contributed by atoms with E-state index in [4.69, 9.17) is 4.74 Å². The standard InChI is InChI=1S/C16H32N2O3/c1-5-7-8-9-10-11-12-17-16(20)18-14(13(3)6-2)15(19)21-4/h13-14H,5-12H2,1-4H3,(H2,17,18,20)/t13?,14-/m0/s1. The monoisotopic (exact) mass is 300 g/mol. The Morgan fingerprint density at radius 3 is 2.24 bits per heavy atom. The van der Waals surface area contributed by atoms with Gasteiger partial charge in [0.1, 0.15) is 6.04 Å². The Kier molecular flexibility index (Phi) is 11.7. The van der Waals surface area contributed by atoms with Gasteiger partial charge in [0.15, 0.2) is 0 Å². The molecule has 0 aliphatic heterocycles. The van der Waals surface area contributed by atoms with Crippen LogP contribution in [0.25, 0.3) is 0 Å². The van der Waals surface area contributed by atoms with Gasteiger partial charge in [-0.3, -0.25) is 0 Å². The van der Waals surface area contributed by atoms with E-state index in [-0.39, 0.29) is 17.9 Å². The molecule has 5 heteroatoms. The molecule has 21 heavy (non-hydrogen) atoms. The molecule has 2 N–H and O–H groups in total. The van der Waals surface area contributed by atoms with Gasteiger partial charge in [-0.2, -0.15) is 0 Å². The van der Waals surface area contributed by atoms with Gasteiger partial charge in [0.2, 0.25) is 0 Å². The molecule has 0 rings (SSSR count). The van der Waals surface area contributed by atoms with E-state index in [1.54, 1.807) is 0 Å². The first-order valence-corrected chi connectivity index (χ1v) is 8.18. The molecule has 124 valence electrons. The number of hydrogen-bond acceptors (Lipinski definition) is 3. The normalized spacial score (nSPS) is 13.3. The first-order chi connectivity index (χ1) is 10.1. The highest BCUT2D eigenvalue weighted by Gasteiger charge is 2.26. The predicted molar refractivity (Wildman–Crippen MR) is 85.2 cm³/mol. The number of amides is 2. The van der Waals surface area contributed by atoms with Crippen molar-refractivity contribution in [1.29, 1.82) is 0 Å². The second-order valence-electron chi connectivity index (χ2n) is 5.55. The zero-order valence-corrected chi connectivity index (χ0v) is 14.0. The van der Waals surface area contributed by atoms with Crippen LogP contribution in [0.3, 0.4) is 0 Å². The second kappa shape index (κ2) is 12.5. The summed E-state index contributed by atoms with van der Waals surface area (Å²) < 4.78 is 4.74. The maximum absolute atomic E-state index is 11.8. The number of nitrogens with one attached hydrogen (secondary N) is 2. The molecule has 2 amide bonds. The lowest BCUT2D eigenvalue weighted by molar-refractivity contribution is -0.144. The van der Waals surface area contributed by atoms with Crippen molar-refractivity contribution in [3.8, 4) is 0 Å². The lowest BCUT2D eigenvalue weighted by Gasteiger charge is -2.22. The van der Waals surface area contributed by atoms with Crippen LogP contribution in [-0.4, -0.2) is 31.7 Å². The van der Waals surface area contributed by atoms with E-state index < -0.39 is 6.04 Å². The van der Waals surface area contributed by atoms with Gasteiger partial charge in [0, 0.05) is 6.54 Å². The maximum Gasteiger partial charge on any atom is 0.328 e. The molecule has 0 bridgehead atoms. The quantitative estimate of drug-likeness (QED) is 0.455. The zero-order chi connectivity index (χ0) is 16.1. The van der Waals surface area contributed by atoms with Crippen LogP contribution in [0.2, 0.25) is 0 Å². The van der Waals surface area contributed by atoms with E-state index in [9.17, 15) is 9.59 Å². The Labute approximate surface area is 129 Å². The number of rotatable bonds is 11. The average Bonchev–Trinajstić information content (AvgIpc) is 2.50. The van der Waals surface area contributed by atoms with Crippen LogP contribution < -0.4 is 10.6 Å². The van der Waals surface area contributed by atoms with Crippen molar-refractivity contribution in [2.24, 2.45) is 5.92 Å². The molecule has 0 saturated heterocycles. The number of hydrogen-bond donors (Lipinski definition) is 2. The molecule has 0 spiro atoms. The number of methoxy groups -OCH3 is 1. The third kappa shape index (κ3) is 9.32. The van der Waals surface area contributed by atoms with E-state index in [1.165, 1.54) is 32.8 Å². The molecule has 0 aromatic heterocycles. The molecule has 2 atom stereocenters. The van der Waals surface area contributed by atoms with Gasteiger partial charge in [0.25, 0.3) is 0 Å². The minimum absolute atomic E-state index is 0.0530. The SMILES string of the molecule is CCCCCCCCNC(=O)N[C@H](C(=O)OC)C(C)CC. The van der Waals surface area contributed by atoms with Crippen LogP contribution in [0.1, 0.15) is 65.7 Å². The van der Waals surface area contributed by atoms with Crippen LogP contribution in [0.15, 0.2) is 0 Å². The average molecular weight is 300 g/mol. The number of carbonyl (C=O) groups is 2. The van der Waals surface area contributed by atoms with Crippen molar-refractivity contribution in [2.45, 2.75) is 71.8 Å². The molecule has 0 aromatic rings. The fraction of sp³-hybridized carbons (Fsp3) is 0.875. The van der Waals surface area contributed by atoms with Crippen molar-refractivity contribution in [3.05, 3.63) is 0 Å². The van der Waals surface area contributed by atoms with E-state index in [0.717, 1.165) is 19.3 Å². The Hall–Kier alpha value is -1.26. The zero-order valence-electron chi connectivity index (χ0n) is 14.0. The van der Waals surface area contributed by atoms with Gasteiger partial charge in [-0.15, -0.1) is 0 Å². The minimum Gasteiger partial charge on any atom is -0.467 e. The number of unbranched alkanes of at least 4 members (excludes halogenated alkanes) is 5. The summed E-state index contributed by atoms with van der Waals surface area (Å²) in [7, 11) is 1.34. The molecule has 1 unspecified atom stereocenters. The fourth-order valence-corrected chi connectivity index (χ4v) is 2.10. The summed E-state index contributed by atoms with van der Waals surface area (Å²) in [5.41, 5.74) is 0. The Morgan fingerprint density at radius 1 is 1.05 bits per heavy atom. The molecular formula is C16H32N2O3. The van der Waals surface area contributed by atoms with Gasteiger partial charge in [0.05, 0.1) is 7.11 Å². The summed E-state index contributed by atoms with van der Waals surface area (Å²) in [4.78, 5) is 23.5. The highest BCUT2D eigenvalue weighted by molar-refractivity contribution is 5.83. The molecule has 0 radical (unpaired) electrons. The second-order valence-corrected chi connectivity index (χ2v) is 5.55. The molecule has 5 nitrogen and oxygen atoms in total. The number of urea groups is 1. The van der Waals surface area contributed by atoms with Crippen molar-refractivity contribution in [2.75, 3.05) is 13.7 Å². The van der Waals surface area contributed by atoms with E-state index in [0.29, 0.717) is 6.54 Å². The molecule has 0 aromatic carbocycles. The Bertz CT molecular complexity index is 295. The fourth-order valence-electron chi connectivity index (χ4n) is 2.10. The summed E-state index contributed by atoms with van der Waals surface area (Å²) in [6.07, 6.45) is 7.91. The molecule has 0 fully saturated rings. The van der Waals surface area contributed by atoms with Gasteiger partial charge < -0.3 is 15.4 Å². The van der Waals surface area contributed by atoms with Crippen LogP contribution in [0.4, 0.5) is 4.79 Å². The lowest BCUT2D eigenvalue weighted by atomic mass is 9.99. The highest BCUT2D eigenvalue weighted by Crippen LogP contribution is 2.09. The molecule has 0 heterocycles. The summed E-state index contributed by atoms with van der Waals surface area (Å²) in [6.45, 7) is 6.75. The lowest BCUT2D eigenvalue weighted by Crippen LogP contribution is -2.49. The summed E-state index contributed by atoms with van der Waals surface area (Å²) >= 11 is 0. The molecule has 0 aliphatic rings. The Morgan fingerprint density at radius 2 is 1.67 bits per heavy atom. The van der Waals surface area contributed by atoms with Crippen LogP contribution in [0.5, 0.6) is 0 Å². The maximum atomic E-state index is 11.8. The summed E-state index contributed by atoms with van der Waals surface area (Å²) in [5, 5.41) is 5.51. The van der Waals surface area contributed by atoms with E-state index in [1.807, 2.05) is 13.8 Å². The first-order valence-electron chi connectivity index (χ1n) is 8.18. The number of esters is 1. The molecular weight excluding hydrogens is 268 g/mol. The topological polar surface area (TPSA) is 67.4 Å². The van der Waals surface area contributed by atoms with Gasteiger partial charge >= 0.3 is 12.0 Å². The smallest absolute Gasteiger partial charge is 0.328 e. The van der Waals surface area contributed by atoms with Crippen LogP contribution in [-0.2, 0) is 9.53 Å². The van der Waals surface area contributed by atoms with Crippen molar-refractivity contribution in [3.63, 3.8) is 0 Å².